The van der Waals surface area contributed by atoms with Gasteiger partial charge in [0, 0.05) is 11.6 Å². The zero-order valence-electron chi connectivity index (χ0n) is 10.3. The number of unbranched alkanes of at least 4 members (excludes halogenated alkanes) is 2. The molecule has 90 valence electrons. The van der Waals surface area contributed by atoms with Crippen molar-refractivity contribution in [1.29, 1.82) is 0 Å². The molecule has 1 unspecified atom stereocenters. The van der Waals surface area contributed by atoms with Gasteiger partial charge in [-0.3, -0.25) is 4.98 Å². The molecule has 0 saturated carbocycles. The van der Waals surface area contributed by atoms with Crippen LogP contribution < -0.4 is 0 Å². The number of aliphatic hydroxyl groups is 1. The number of hydrogen-bond donors (Lipinski definition) is 1. The monoisotopic (exact) mass is 229 g/mol. The summed E-state index contributed by atoms with van der Waals surface area (Å²) in [5, 5.41) is 12.4. The molecule has 1 aromatic heterocycles. The molecule has 1 N–H and O–H groups in total. The summed E-state index contributed by atoms with van der Waals surface area (Å²) in [4.78, 5) is 4.34. The first-order valence-corrected chi connectivity index (χ1v) is 6.34. The SMILES string of the molecule is CCCCCC(O)c1nccc2ccccc12. The van der Waals surface area contributed by atoms with Gasteiger partial charge in [0.05, 0.1) is 11.8 Å². The van der Waals surface area contributed by atoms with Crippen LogP contribution in [0.15, 0.2) is 36.5 Å². The fourth-order valence-electron chi connectivity index (χ4n) is 2.13. The van der Waals surface area contributed by atoms with E-state index in [0.717, 1.165) is 29.3 Å². The number of nitrogens with zero attached hydrogens (tertiary/aromatic N) is 1. The van der Waals surface area contributed by atoms with E-state index in [0.29, 0.717) is 0 Å². The van der Waals surface area contributed by atoms with Gasteiger partial charge in [-0.2, -0.15) is 0 Å². The van der Waals surface area contributed by atoms with Crippen LogP contribution in [0.5, 0.6) is 0 Å². The first kappa shape index (κ1) is 12.1. The highest BCUT2D eigenvalue weighted by Crippen LogP contribution is 2.25. The third-order valence-corrected chi connectivity index (χ3v) is 3.10. The molecule has 0 aliphatic rings. The van der Waals surface area contributed by atoms with Crippen LogP contribution in [0.3, 0.4) is 0 Å². The van der Waals surface area contributed by atoms with Crippen molar-refractivity contribution in [1.82, 2.24) is 4.98 Å². The zero-order valence-corrected chi connectivity index (χ0v) is 10.3. The van der Waals surface area contributed by atoms with Crippen molar-refractivity contribution >= 4 is 10.8 Å². The molecule has 17 heavy (non-hydrogen) atoms. The van der Waals surface area contributed by atoms with Gasteiger partial charge in [-0.1, -0.05) is 50.5 Å². The molecule has 2 aromatic rings. The third-order valence-electron chi connectivity index (χ3n) is 3.10. The standard InChI is InChI=1S/C15H19NO/c1-2-3-4-9-14(17)15-13-8-6-5-7-12(13)10-11-16-15/h5-8,10-11,14,17H,2-4,9H2,1H3. The molecule has 0 radical (unpaired) electrons. The van der Waals surface area contributed by atoms with Gasteiger partial charge in [-0.25, -0.2) is 0 Å². The minimum absolute atomic E-state index is 0.437. The van der Waals surface area contributed by atoms with Crippen molar-refractivity contribution in [3.63, 3.8) is 0 Å². The van der Waals surface area contributed by atoms with Crippen molar-refractivity contribution < 1.29 is 5.11 Å². The van der Waals surface area contributed by atoms with E-state index < -0.39 is 6.10 Å². The predicted octanol–water partition coefficient (Wildman–Crippen LogP) is 3.85. The molecule has 2 rings (SSSR count). The van der Waals surface area contributed by atoms with Gasteiger partial charge in [-0.15, -0.1) is 0 Å². The van der Waals surface area contributed by atoms with E-state index in [1.165, 1.54) is 12.8 Å². The van der Waals surface area contributed by atoms with Crippen molar-refractivity contribution in [3.8, 4) is 0 Å². The average Bonchev–Trinajstić information content (AvgIpc) is 2.38. The summed E-state index contributed by atoms with van der Waals surface area (Å²) in [6.07, 6.45) is 5.54. The maximum absolute atomic E-state index is 10.2. The summed E-state index contributed by atoms with van der Waals surface area (Å²) >= 11 is 0. The van der Waals surface area contributed by atoms with Gasteiger partial charge >= 0.3 is 0 Å². The molecule has 1 aromatic carbocycles. The maximum Gasteiger partial charge on any atom is 0.0966 e. The lowest BCUT2D eigenvalue weighted by atomic mass is 10.0. The Kier molecular flexibility index (Phi) is 4.10. The molecule has 0 amide bonds. The van der Waals surface area contributed by atoms with Crippen LogP contribution in [0.2, 0.25) is 0 Å². The molecule has 0 aliphatic heterocycles. The molecule has 0 aliphatic carbocycles. The van der Waals surface area contributed by atoms with Gasteiger partial charge in [0.2, 0.25) is 0 Å². The van der Waals surface area contributed by atoms with Gasteiger partial charge in [0.1, 0.15) is 0 Å². The minimum Gasteiger partial charge on any atom is -0.387 e. The largest absolute Gasteiger partial charge is 0.387 e. The maximum atomic E-state index is 10.2. The second-order valence-electron chi connectivity index (χ2n) is 4.43. The molecule has 1 heterocycles. The van der Waals surface area contributed by atoms with Crippen LogP contribution in [-0.4, -0.2) is 10.1 Å². The van der Waals surface area contributed by atoms with Crippen LogP contribution >= 0.6 is 0 Å². The van der Waals surface area contributed by atoms with Crippen LogP contribution in [0.4, 0.5) is 0 Å². The second kappa shape index (κ2) is 5.78. The Hall–Kier alpha value is -1.41. The van der Waals surface area contributed by atoms with Gasteiger partial charge in [0.15, 0.2) is 0 Å². The minimum atomic E-state index is -0.437. The third kappa shape index (κ3) is 2.83. The van der Waals surface area contributed by atoms with Crippen LogP contribution in [-0.2, 0) is 0 Å². The first-order valence-electron chi connectivity index (χ1n) is 6.34. The Morgan fingerprint density at radius 2 is 2.00 bits per heavy atom. The van der Waals surface area contributed by atoms with Crippen molar-refractivity contribution in [3.05, 3.63) is 42.2 Å². The Morgan fingerprint density at radius 3 is 2.82 bits per heavy atom. The van der Waals surface area contributed by atoms with E-state index >= 15 is 0 Å². The van der Waals surface area contributed by atoms with Gasteiger partial charge in [0.25, 0.3) is 0 Å². The predicted molar refractivity (Wildman–Crippen MR) is 70.8 cm³/mol. The number of fused-ring (bicyclic) bond motifs is 1. The normalized spacial score (nSPS) is 12.8. The van der Waals surface area contributed by atoms with Gasteiger partial charge < -0.3 is 5.11 Å². The molecule has 2 nitrogen and oxygen atoms in total. The summed E-state index contributed by atoms with van der Waals surface area (Å²) in [6, 6.07) is 10.1. The highest BCUT2D eigenvalue weighted by molar-refractivity contribution is 5.84. The Bertz CT molecular complexity index is 476. The molecule has 0 bridgehead atoms. The molecule has 1 atom stereocenters. The highest BCUT2D eigenvalue weighted by Gasteiger charge is 2.11. The van der Waals surface area contributed by atoms with E-state index in [1.807, 2.05) is 24.3 Å². The molecule has 0 saturated heterocycles. The van der Waals surface area contributed by atoms with Crippen LogP contribution in [0.1, 0.15) is 44.4 Å². The summed E-state index contributed by atoms with van der Waals surface area (Å²) in [5.74, 6) is 0. The summed E-state index contributed by atoms with van der Waals surface area (Å²) < 4.78 is 0. The van der Waals surface area contributed by atoms with Gasteiger partial charge in [-0.05, 0) is 17.9 Å². The van der Waals surface area contributed by atoms with Crippen molar-refractivity contribution in [2.45, 2.75) is 38.7 Å². The topological polar surface area (TPSA) is 33.1 Å². The first-order chi connectivity index (χ1) is 8.33. The fraction of sp³-hybridized carbons (Fsp3) is 0.400. The lowest BCUT2D eigenvalue weighted by molar-refractivity contribution is 0.160. The Labute approximate surface area is 102 Å². The average molecular weight is 229 g/mol. The van der Waals surface area contributed by atoms with E-state index in [9.17, 15) is 5.11 Å². The molecule has 0 fully saturated rings. The Morgan fingerprint density at radius 1 is 1.18 bits per heavy atom. The smallest absolute Gasteiger partial charge is 0.0966 e. The van der Waals surface area contributed by atoms with Crippen LogP contribution in [0, 0.1) is 0 Å². The quantitative estimate of drug-likeness (QED) is 0.790. The van der Waals surface area contributed by atoms with Crippen molar-refractivity contribution in [2.24, 2.45) is 0 Å². The number of aromatic nitrogens is 1. The number of rotatable bonds is 5. The van der Waals surface area contributed by atoms with E-state index in [-0.39, 0.29) is 0 Å². The van der Waals surface area contributed by atoms with Crippen molar-refractivity contribution in [2.75, 3.05) is 0 Å². The van der Waals surface area contributed by atoms with Crippen LogP contribution in [0.25, 0.3) is 10.8 Å². The number of hydrogen-bond acceptors (Lipinski definition) is 2. The molecular weight excluding hydrogens is 210 g/mol. The lowest BCUT2D eigenvalue weighted by Gasteiger charge is -2.12. The lowest BCUT2D eigenvalue weighted by Crippen LogP contribution is -2.01. The molecule has 0 spiro atoms. The summed E-state index contributed by atoms with van der Waals surface area (Å²) in [6.45, 7) is 2.17. The molecule has 2 heteroatoms. The van der Waals surface area contributed by atoms with E-state index in [2.05, 4.69) is 18.0 Å². The summed E-state index contributed by atoms with van der Waals surface area (Å²) in [7, 11) is 0. The van der Waals surface area contributed by atoms with E-state index in [1.54, 1.807) is 6.20 Å². The number of pyridine rings is 1. The number of aliphatic hydroxyl groups excluding tert-OH is 1. The number of benzene rings is 1. The Balaban J connectivity index is 2.22. The summed E-state index contributed by atoms with van der Waals surface area (Å²) in [5.41, 5.74) is 0.819. The highest BCUT2D eigenvalue weighted by atomic mass is 16.3. The van der Waals surface area contributed by atoms with E-state index in [4.69, 9.17) is 0 Å². The molecular formula is C15H19NO. The fourth-order valence-corrected chi connectivity index (χ4v) is 2.13. The second-order valence-corrected chi connectivity index (χ2v) is 4.43. The zero-order chi connectivity index (χ0) is 12.1.